The van der Waals surface area contributed by atoms with Gasteiger partial charge in [0, 0.05) is 22.3 Å². The van der Waals surface area contributed by atoms with E-state index in [1.54, 1.807) is 24.3 Å². The van der Waals surface area contributed by atoms with Crippen molar-refractivity contribution in [2.75, 3.05) is 0 Å². The molecule has 0 bridgehead atoms. The first-order chi connectivity index (χ1) is 12.5. The Labute approximate surface area is 159 Å². The molecule has 0 fully saturated rings. The number of hydrogen-bond donors (Lipinski definition) is 1. The van der Waals surface area contributed by atoms with Gasteiger partial charge in [-0.3, -0.25) is 4.57 Å². The van der Waals surface area contributed by atoms with Crippen molar-refractivity contribution in [1.29, 1.82) is 0 Å². The fraction of sp³-hybridized carbons (Fsp3) is 0.100. The Balaban J connectivity index is 1.84. The number of aromatic amines is 1. The number of aryl methyl sites for hydroxylation is 1. The molecule has 0 saturated heterocycles. The van der Waals surface area contributed by atoms with E-state index < -0.39 is 5.63 Å². The van der Waals surface area contributed by atoms with Crippen LogP contribution in [0.3, 0.4) is 0 Å². The van der Waals surface area contributed by atoms with Crippen molar-refractivity contribution in [3.05, 3.63) is 80.5 Å². The summed E-state index contributed by atoms with van der Waals surface area (Å²) < 4.78 is 7.76. The van der Waals surface area contributed by atoms with Crippen LogP contribution in [-0.4, -0.2) is 9.55 Å². The van der Waals surface area contributed by atoms with Crippen LogP contribution in [0.25, 0.3) is 27.9 Å². The van der Waals surface area contributed by atoms with E-state index in [9.17, 15) is 4.79 Å². The van der Waals surface area contributed by atoms with Gasteiger partial charge in [-0.25, -0.2) is 4.79 Å². The minimum atomic E-state index is -0.426. The molecule has 0 aliphatic heterocycles. The Bertz CT molecular complexity index is 1220. The summed E-state index contributed by atoms with van der Waals surface area (Å²) in [6.45, 7) is 2.11. The summed E-state index contributed by atoms with van der Waals surface area (Å²) in [4.78, 5) is 15.5. The van der Waals surface area contributed by atoms with Crippen molar-refractivity contribution in [3.8, 4) is 16.9 Å². The number of imidazole rings is 1. The third-order valence-electron chi connectivity index (χ3n) is 4.33. The summed E-state index contributed by atoms with van der Waals surface area (Å²) >= 11 is 11.5. The van der Waals surface area contributed by atoms with Crippen LogP contribution in [-0.2, 0) is 6.42 Å². The largest absolute Gasteiger partial charge is 0.422 e. The molecule has 0 spiro atoms. The summed E-state index contributed by atoms with van der Waals surface area (Å²) in [5.41, 5.74) is 3.27. The third-order valence-corrected chi connectivity index (χ3v) is 4.86. The second-order valence-corrected chi connectivity index (χ2v) is 6.82. The van der Waals surface area contributed by atoms with Crippen molar-refractivity contribution >= 4 is 34.8 Å². The predicted molar refractivity (Wildman–Crippen MR) is 107 cm³/mol. The molecule has 2 heterocycles. The van der Waals surface area contributed by atoms with Gasteiger partial charge in [-0.1, -0.05) is 30.7 Å². The van der Waals surface area contributed by atoms with Gasteiger partial charge in [-0.15, -0.1) is 0 Å². The molecular formula is C20H15ClN2O2S. The lowest BCUT2D eigenvalue weighted by Crippen LogP contribution is -2.02. The SMILES string of the molecule is CCc1ccc(-n2cc(-c3cc4cc(Cl)ccc4oc3=O)[nH]c2=S)cc1. The molecule has 0 atom stereocenters. The fourth-order valence-electron chi connectivity index (χ4n) is 2.90. The molecule has 0 saturated carbocycles. The summed E-state index contributed by atoms with van der Waals surface area (Å²) in [6.07, 6.45) is 2.79. The van der Waals surface area contributed by atoms with E-state index in [4.69, 9.17) is 28.2 Å². The second kappa shape index (κ2) is 6.59. The van der Waals surface area contributed by atoms with Gasteiger partial charge >= 0.3 is 5.63 Å². The van der Waals surface area contributed by atoms with Gasteiger partial charge in [-0.2, -0.15) is 0 Å². The summed E-state index contributed by atoms with van der Waals surface area (Å²) in [7, 11) is 0. The fourth-order valence-corrected chi connectivity index (χ4v) is 3.35. The Morgan fingerprint density at radius 3 is 2.65 bits per heavy atom. The van der Waals surface area contributed by atoms with Gasteiger partial charge in [-0.05, 0) is 60.6 Å². The Morgan fingerprint density at radius 2 is 1.92 bits per heavy atom. The van der Waals surface area contributed by atoms with E-state index in [1.807, 2.05) is 22.9 Å². The Hall–Kier alpha value is -2.63. The zero-order valence-corrected chi connectivity index (χ0v) is 15.5. The highest BCUT2D eigenvalue weighted by Crippen LogP contribution is 2.24. The van der Waals surface area contributed by atoms with Crippen molar-refractivity contribution in [3.63, 3.8) is 0 Å². The monoisotopic (exact) mass is 382 g/mol. The van der Waals surface area contributed by atoms with E-state index in [1.165, 1.54) is 5.56 Å². The summed E-state index contributed by atoms with van der Waals surface area (Å²) in [6, 6.07) is 15.1. The number of aromatic nitrogens is 2. The van der Waals surface area contributed by atoms with Gasteiger partial charge in [0.2, 0.25) is 0 Å². The number of fused-ring (bicyclic) bond motifs is 1. The topological polar surface area (TPSA) is 50.9 Å². The normalized spacial score (nSPS) is 11.2. The van der Waals surface area contributed by atoms with E-state index in [2.05, 4.69) is 24.0 Å². The molecule has 6 heteroatoms. The number of halogens is 1. The molecule has 1 N–H and O–H groups in total. The number of rotatable bonds is 3. The Kier molecular flexibility index (Phi) is 4.26. The Morgan fingerprint density at radius 1 is 1.15 bits per heavy atom. The number of nitrogens with zero attached hydrogens (tertiary/aromatic N) is 1. The molecule has 0 amide bonds. The van der Waals surface area contributed by atoms with Gasteiger partial charge in [0.1, 0.15) is 5.58 Å². The standard InChI is InChI=1S/C20H15ClN2O2S/c1-2-12-3-6-15(7-4-12)23-11-17(22-20(23)26)16-10-13-9-14(21)5-8-18(13)25-19(16)24/h3-11H,2H2,1H3,(H,22,26). The molecule has 2 aromatic carbocycles. The maximum atomic E-state index is 12.4. The average Bonchev–Trinajstić information content (AvgIpc) is 3.03. The van der Waals surface area contributed by atoms with Crippen LogP contribution in [0.2, 0.25) is 5.02 Å². The van der Waals surface area contributed by atoms with Crippen molar-refractivity contribution < 1.29 is 4.42 Å². The zero-order valence-electron chi connectivity index (χ0n) is 14.0. The molecule has 0 radical (unpaired) electrons. The van der Waals surface area contributed by atoms with Crippen LogP contribution in [0.5, 0.6) is 0 Å². The first kappa shape index (κ1) is 16.8. The van der Waals surface area contributed by atoms with Crippen LogP contribution < -0.4 is 5.63 Å². The summed E-state index contributed by atoms with van der Waals surface area (Å²) in [5, 5.41) is 1.34. The minimum absolute atomic E-state index is 0.412. The van der Waals surface area contributed by atoms with Crippen LogP contribution in [0.1, 0.15) is 12.5 Å². The van der Waals surface area contributed by atoms with Crippen LogP contribution in [0.15, 0.2) is 63.9 Å². The van der Waals surface area contributed by atoms with E-state index in [0.717, 1.165) is 17.5 Å². The molecule has 26 heavy (non-hydrogen) atoms. The number of H-pyrrole nitrogens is 1. The minimum Gasteiger partial charge on any atom is -0.422 e. The second-order valence-electron chi connectivity index (χ2n) is 5.99. The van der Waals surface area contributed by atoms with Crippen molar-refractivity contribution in [2.45, 2.75) is 13.3 Å². The van der Waals surface area contributed by atoms with E-state index in [-0.39, 0.29) is 0 Å². The van der Waals surface area contributed by atoms with Gasteiger partial charge in [0.15, 0.2) is 4.77 Å². The molecule has 4 nitrogen and oxygen atoms in total. The quantitative estimate of drug-likeness (QED) is 0.374. The maximum Gasteiger partial charge on any atom is 0.345 e. The molecule has 2 aromatic heterocycles. The van der Waals surface area contributed by atoms with E-state index in [0.29, 0.717) is 26.6 Å². The number of benzene rings is 2. The van der Waals surface area contributed by atoms with Gasteiger partial charge < -0.3 is 9.40 Å². The lowest BCUT2D eigenvalue weighted by Gasteiger charge is -2.03. The smallest absolute Gasteiger partial charge is 0.345 e. The number of hydrogen-bond acceptors (Lipinski definition) is 3. The third kappa shape index (κ3) is 3.00. The number of nitrogens with one attached hydrogen (secondary N) is 1. The molecule has 4 rings (SSSR count). The zero-order chi connectivity index (χ0) is 18.3. The van der Waals surface area contributed by atoms with Crippen molar-refractivity contribution in [1.82, 2.24) is 9.55 Å². The highest BCUT2D eigenvalue weighted by Gasteiger charge is 2.12. The molecule has 0 aliphatic rings. The van der Waals surface area contributed by atoms with Gasteiger partial charge in [0.05, 0.1) is 11.3 Å². The average molecular weight is 383 g/mol. The summed E-state index contributed by atoms with van der Waals surface area (Å²) in [5.74, 6) is 0. The van der Waals surface area contributed by atoms with Gasteiger partial charge in [0.25, 0.3) is 0 Å². The highest BCUT2D eigenvalue weighted by molar-refractivity contribution is 7.71. The molecular weight excluding hydrogens is 368 g/mol. The highest BCUT2D eigenvalue weighted by atomic mass is 35.5. The van der Waals surface area contributed by atoms with Crippen molar-refractivity contribution in [2.24, 2.45) is 0 Å². The van der Waals surface area contributed by atoms with Crippen LogP contribution >= 0.6 is 23.8 Å². The maximum absolute atomic E-state index is 12.4. The first-order valence-corrected chi connectivity index (χ1v) is 8.98. The molecule has 0 unspecified atom stereocenters. The first-order valence-electron chi connectivity index (χ1n) is 8.20. The van der Waals surface area contributed by atoms with Crippen LogP contribution in [0, 0.1) is 4.77 Å². The molecule has 0 aliphatic carbocycles. The molecule has 130 valence electrons. The van der Waals surface area contributed by atoms with Crippen LogP contribution in [0.4, 0.5) is 0 Å². The van der Waals surface area contributed by atoms with E-state index >= 15 is 0 Å². The lowest BCUT2D eigenvalue weighted by molar-refractivity contribution is 0.563. The lowest BCUT2D eigenvalue weighted by atomic mass is 10.1. The molecule has 4 aromatic rings. The predicted octanol–water partition coefficient (Wildman–Crippen LogP) is 5.52.